The zero-order chi connectivity index (χ0) is 6.85. The van der Waals surface area contributed by atoms with Crippen LogP contribution < -0.4 is 5.73 Å². The number of hydrogen-bond donors (Lipinski definition) is 1. The molecular weight excluding hydrogens is 110 g/mol. The van der Waals surface area contributed by atoms with Crippen LogP contribution in [0.4, 0.5) is 0 Å². The molecule has 1 aliphatic carbocycles. The molecule has 0 bridgehead atoms. The molecule has 0 aromatic heterocycles. The van der Waals surface area contributed by atoms with Crippen molar-refractivity contribution in [2.24, 2.45) is 23.5 Å². The van der Waals surface area contributed by atoms with Crippen LogP contribution in [-0.2, 0) is 0 Å². The van der Waals surface area contributed by atoms with Gasteiger partial charge in [0.1, 0.15) is 0 Å². The summed E-state index contributed by atoms with van der Waals surface area (Å²) in [6.07, 6.45) is 2.58. The Morgan fingerprint density at radius 3 is 2.11 bits per heavy atom. The van der Waals surface area contributed by atoms with Crippen molar-refractivity contribution < 1.29 is 0 Å². The molecule has 0 aliphatic heterocycles. The Balaban J connectivity index is 2.04. The minimum Gasteiger partial charge on any atom is -0.330 e. The van der Waals surface area contributed by atoms with Gasteiger partial charge in [-0.15, -0.1) is 0 Å². The summed E-state index contributed by atoms with van der Waals surface area (Å²) in [7, 11) is 0. The molecule has 0 amide bonds. The normalized spacial score (nSPS) is 41.0. The summed E-state index contributed by atoms with van der Waals surface area (Å²) in [5.41, 5.74) is 5.40. The zero-order valence-electron chi connectivity index (χ0n) is 6.43. The van der Waals surface area contributed by atoms with Crippen LogP contribution in [0.5, 0.6) is 0 Å². The summed E-state index contributed by atoms with van der Waals surface area (Å²) in [4.78, 5) is 0. The van der Waals surface area contributed by atoms with Crippen molar-refractivity contribution in [1.82, 2.24) is 0 Å². The summed E-state index contributed by atoms with van der Waals surface area (Å²) in [6.45, 7) is 5.55. The monoisotopic (exact) mass is 127 g/mol. The maximum absolute atomic E-state index is 5.40. The van der Waals surface area contributed by atoms with E-state index in [9.17, 15) is 0 Å². The van der Waals surface area contributed by atoms with Crippen LogP contribution >= 0.6 is 0 Å². The van der Waals surface area contributed by atoms with E-state index in [1.54, 1.807) is 0 Å². The number of nitrogens with two attached hydrogens (primary N) is 1. The van der Waals surface area contributed by atoms with Gasteiger partial charge in [0, 0.05) is 0 Å². The van der Waals surface area contributed by atoms with Gasteiger partial charge in [-0.25, -0.2) is 0 Å². The van der Waals surface area contributed by atoms with Crippen molar-refractivity contribution in [3.63, 3.8) is 0 Å². The molecule has 2 atom stereocenters. The Morgan fingerprint density at radius 2 is 1.78 bits per heavy atom. The van der Waals surface area contributed by atoms with Gasteiger partial charge in [0.15, 0.2) is 0 Å². The molecule has 0 spiro atoms. The Labute approximate surface area is 57.6 Å². The summed E-state index contributed by atoms with van der Waals surface area (Å²) in [5.74, 6) is 2.97. The highest BCUT2D eigenvalue weighted by Gasteiger charge is 2.41. The van der Waals surface area contributed by atoms with Crippen molar-refractivity contribution in [3.8, 4) is 0 Å². The van der Waals surface area contributed by atoms with E-state index >= 15 is 0 Å². The molecule has 0 radical (unpaired) electrons. The average Bonchev–Trinajstić information content (AvgIpc) is 2.39. The number of hydrogen-bond acceptors (Lipinski definition) is 1. The smallest absolute Gasteiger partial charge is 0.00772 e. The van der Waals surface area contributed by atoms with Crippen LogP contribution in [0.15, 0.2) is 0 Å². The third kappa shape index (κ3) is 1.45. The van der Waals surface area contributed by atoms with Gasteiger partial charge in [-0.3, -0.25) is 0 Å². The lowest BCUT2D eigenvalue weighted by Crippen LogP contribution is -1.98. The van der Waals surface area contributed by atoms with Gasteiger partial charge in [0.25, 0.3) is 0 Å². The van der Waals surface area contributed by atoms with Crippen molar-refractivity contribution in [1.29, 1.82) is 0 Å². The summed E-state index contributed by atoms with van der Waals surface area (Å²) >= 11 is 0. The molecule has 0 heterocycles. The molecule has 0 saturated heterocycles. The van der Waals surface area contributed by atoms with Crippen LogP contribution in [0.3, 0.4) is 0 Å². The maximum Gasteiger partial charge on any atom is -0.00772 e. The van der Waals surface area contributed by atoms with E-state index in [4.69, 9.17) is 5.73 Å². The van der Waals surface area contributed by atoms with E-state index in [0.717, 1.165) is 24.3 Å². The second kappa shape index (κ2) is 2.70. The first kappa shape index (κ1) is 7.07. The van der Waals surface area contributed by atoms with E-state index in [0.29, 0.717) is 0 Å². The molecule has 0 aromatic rings. The Hall–Kier alpha value is -0.0400. The molecule has 1 fully saturated rings. The Morgan fingerprint density at radius 1 is 1.22 bits per heavy atom. The molecule has 0 unspecified atom stereocenters. The third-order valence-corrected chi connectivity index (χ3v) is 2.78. The largest absolute Gasteiger partial charge is 0.330 e. The SMILES string of the molecule is C[C@@H]1C(CCCN)[C@H]1C. The fourth-order valence-corrected chi connectivity index (χ4v) is 1.64. The van der Waals surface area contributed by atoms with Gasteiger partial charge in [-0.2, -0.15) is 0 Å². The average molecular weight is 127 g/mol. The van der Waals surface area contributed by atoms with E-state index < -0.39 is 0 Å². The van der Waals surface area contributed by atoms with Gasteiger partial charge in [-0.05, 0) is 37.1 Å². The topological polar surface area (TPSA) is 26.0 Å². The van der Waals surface area contributed by atoms with E-state index in [1.807, 2.05) is 0 Å². The molecule has 0 aromatic carbocycles. The van der Waals surface area contributed by atoms with Crippen LogP contribution in [0.2, 0.25) is 0 Å². The lowest BCUT2D eigenvalue weighted by molar-refractivity contribution is 0.621. The predicted octanol–water partition coefficient (Wildman–Crippen LogP) is 1.63. The first-order valence-corrected chi connectivity index (χ1v) is 3.97. The zero-order valence-corrected chi connectivity index (χ0v) is 6.43. The van der Waals surface area contributed by atoms with Gasteiger partial charge in [0.05, 0.1) is 0 Å². The van der Waals surface area contributed by atoms with Crippen LogP contribution in [0, 0.1) is 17.8 Å². The van der Waals surface area contributed by atoms with Crippen LogP contribution in [0.25, 0.3) is 0 Å². The van der Waals surface area contributed by atoms with Crippen molar-refractivity contribution in [2.45, 2.75) is 26.7 Å². The van der Waals surface area contributed by atoms with Crippen molar-refractivity contribution in [3.05, 3.63) is 0 Å². The highest BCUT2D eigenvalue weighted by Crippen LogP contribution is 2.48. The van der Waals surface area contributed by atoms with Gasteiger partial charge < -0.3 is 5.73 Å². The minimum atomic E-state index is 0.871. The molecule has 1 heteroatoms. The highest BCUT2D eigenvalue weighted by atomic mass is 14.5. The van der Waals surface area contributed by atoms with Gasteiger partial charge >= 0.3 is 0 Å². The molecule has 9 heavy (non-hydrogen) atoms. The van der Waals surface area contributed by atoms with Gasteiger partial charge in [-0.1, -0.05) is 13.8 Å². The quantitative estimate of drug-likeness (QED) is 0.612. The van der Waals surface area contributed by atoms with E-state index in [-0.39, 0.29) is 0 Å². The van der Waals surface area contributed by atoms with E-state index in [1.165, 1.54) is 12.8 Å². The summed E-state index contributed by atoms with van der Waals surface area (Å²) in [5, 5.41) is 0. The molecule has 1 nitrogen and oxygen atoms in total. The first-order valence-electron chi connectivity index (χ1n) is 3.97. The standard InChI is InChI=1S/C8H17N/c1-6-7(2)8(6)4-3-5-9/h6-8H,3-5,9H2,1-2H3/t6-,7-/m0/s1. The molecule has 1 aliphatic rings. The molecule has 54 valence electrons. The Kier molecular flexibility index (Phi) is 2.12. The molecule has 1 rings (SSSR count). The third-order valence-electron chi connectivity index (χ3n) is 2.78. The van der Waals surface area contributed by atoms with Crippen molar-refractivity contribution >= 4 is 0 Å². The number of rotatable bonds is 3. The van der Waals surface area contributed by atoms with Crippen LogP contribution in [0.1, 0.15) is 26.7 Å². The second-order valence-electron chi connectivity index (χ2n) is 3.31. The fourth-order valence-electron chi connectivity index (χ4n) is 1.64. The lowest BCUT2D eigenvalue weighted by atomic mass is 10.2. The second-order valence-corrected chi connectivity index (χ2v) is 3.31. The predicted molar refractivity (Wildman–Crippen MR) is 40.1 cm³/mol. The lowest BCUT2D eigenvalue weighted by Gasteiger charge is -1.92. The highest BCUT2D eigenvalue weighted by molar-refractivity contribution is 4.90. The molecular formula is C8H17N. The molecule has 2 N–H and O–H groups in total. The minimum absolute atomic E-state index is 0.871. The Bertz CT molecular complexity index is 82.6. The van der Waals surface area contributed by atoms with E-state index in [2.05, 4.69) is 13.8 Å². The van der Waals surface area contributed by atoms with Gasteiger partial charge in [0.2, 0.25) is 0 Å². The molecule has 1 saturated carbocycles. The van der Waals surface area contributed by atoms with Crippen molar-refractivity contribution in [2.75, 3.05) is 6.54 Å². The van der Waals surface area contributed by atoms with Crippen LogP contribution in [-0.4, -0.2) is 6.54 Å². The summed E-state index contributed by atoms with van der Waals surface area (Å²) < 4.78 is 0. The first-order chi connectivity index (χ1) is 4.27. The maximum atomic E-state index is 5.40. The fraction of sp³-hybridized carbons (Fsp3) is 1.00. The summed E-state index contributed by atoms with van der Waals surface area (Å²) in [6, 6.07) is 0.